The SMILES string of the molecule is CN1C[C@@H]2C[C@@H](CN2c2ncnc3c2cnn3-c2ccc(F)cc2F)NC2CCCC(N2)C2CCCC3NCN(C32)[C@@H]2CC[C@@H]1C2. The molecule has 0 radical (unpaired) electrons. The fraction of sp³-hybridized carbons (Fsp3) is 0.676. The molecular formula is C34H46F2N10. The maximum absolute atomic E-state index is 14.8. The van der Waals surface area contributed by atoms with Gasteiger partial charge in [0.2, 0.25) is 0 Å². The van der Waals surface area contributed by atoms with E-state index in [9.17, 15) is 8.78 Å². The summed E-state index contributed by atoms with van der Waals surface area (Å²) in [4.78, 5) is 17.3. The minimum atomic E-state index is -0.670. The topological polar surface area (TPSA) is 89.4 Å². The summed E-state index contributed by atoms with van der Waals surface area (Å²) >= 11 is 0. The van der Waals surface area contributed by atoms with Gasteiger partial charge in [-0.25, -0.2) is 23.4 Å². The van der Waals surface area contributed by atoms with Crippen molar-refractivity contribution in [3.05, 3.63) is 42.4 Å². The third-order valence-corrected chi connectivity index (χ3v) is 12.3. The molecule has 9 rings (SSSR count). The maximum atomic E-state index is 14.8. The standard InChI is InChI=1S/C34H46F2N10/c1-43-17-24-13-21(16-44(24)33-26-15-40-46(34(26)38-18-37-33)30-11-8-20(35)12-27(30)36)41-31-7-3-5-28(42-31)25-4-2-6-29-32(25)45(19-39-29)23-10-9-22(43)14-23/h8,11-12,15,18,21-25,28-29,31-32,39,41-42H,2-7,9-10,13-14,16-17,19H2,1H3/t21-,22+,23+,24-,25?,28?,29?,31?,32?/m0/s1. The van der Waals surface area contributed by atoms with Gasteiger partial charge in [0.15, 0.2) is 11.5 Å². The van der Waals surface area contributed by atoms with E-state index in [0.29, 0.717) is 54.0 Å². The minimum Gasteiger partial charge on any atom is -0.350 e. The van der Waals surface area contributed by atoms with Crippen LogP contribution in [0.4, 0.5) is 14.6 Å². The quantitative estimate of drug-likeness (QED) is 0.394. The van der Waals surface area contributed by atoms with Crippen molar-refractivity contribution in [3.63, 3.8) is 0 Å². The van der Waals surface area contributed by atoms with Crippen LogP contribution in [-0.4, -0.2) is 105 Å². The molecule has 6 aliphatic rings. The zero-order chi connectivity index (χ0) is 30.9. The number of fused-ring (bicyclic) bond motifs is 9. The number of nitrogens with zero attached hydrogens (tertiary/aromatic N) is 7. The smallest absolute Gasteiger partial charge is 0.168 e. The lowest BCUT2D eigenvalue weighted by molar-refractivity contribution is 0.0638. The Balaban J connectivity index is 1.05. The normalized spacial score (nSPS) is 36.9. The van der Waals surface area contributed by atoms with Crippen LogP contribution in [0.3, 0.4) is 0 Å². The molecule has 12 heteroatoms. The molecule has 4 saturated heterocycles. The fourth-order valence-electron chi connectivity index (χ4n) is 10.3. The van der Waals surface area contributed by atoms with Gasteiger partial charge in [-0.15, -0.1) is 0 Å². The zero-order valence-electron chi connectivity index (χ0n) is 26.7. The summed E-state index contributed by atoms with van der Waals surface area (Å²) in [5.41, 5.74) is 0.698. The van der Waals surface area contributed by atoms with E-state index < -0.39 is 11.6 Å². The van der Waals surface area contributed by atoms with E-state index in [2.05, 4.69) is 47.8 Å². The van der Waals surface area contributed by atoms with Crippen LogP contribution in [0.2, 0.25) is 0 Å². The Labute approximate surface area is 269 Å². The second-order valence-corrected chi connectivity index (χ2v) is 14.9. The number of piperidine rings is 1. The lowest BCUT2D eigenvalue weighted by Gasteiger charge is -2.46. The molecule has 2 aliphatic carbocycles. The molecular weight excluding hydrogens is 586 g/mol. The molecule has 5 unspecified atom stereocenters. The summed E-state index contributed by atoms with van der Waals surface area (Å²) in [5.74, 6) is 0.246. The van der Waals surface area contributed by atoms with E-state index in [4.69, 9.17) is 4.98 Å². The van der Waals surface area contributed by atoms with Crippen LogP contribution in [-0.2, 0) is 0 Å². The molecule has 246 valence electrons. The lowest BCUT2D eigenvalue weighted by atomic mass is 9.74. The van der Waals surface area contributed by atoms with Gasteiger partial charge in [0, 0.05) is 68.1 Å². The van der Waals surface area contributed by atoms with Crippen LogP contribution in [0.1, 0.15) is 64.2 Å². The molecule has 1 aromatic carbocycles. The number of anilines is 1. The van der Waals surface area contributed by atoms with Gasteiger partial charge in [-0.2, -0.15) is 5.10 Å². The van der Waals surface area contributed by atoms with Crippen molar-refractivity contribution in [1.82, 2.24) is 45.5 Å². The molecule has 4 aliphatic heterocycles. The average Bonchev–Trinajstić information content (AvgIpc) is 3.86. The van der Waals surface area contributed by atoms with Crippen LogP contribution in [0.15, 0.2) is 30.7 Å². The highest BCUT2D eigenvalue weighted by atomic mass is 19.1. The second-order valence-electron chi connectivity index (χ2n) is 14.9. The lowest BCUT2D eigenvalue weighted by Crippen LogP contribution is -2.60. The molecule has 3 aromatic rings. The summed E-state index contributed by atoms with van der Waals surface area (Å²) in [5, 5.41) is 17.5. The summed E-state index contributed by atoms with van der Waals surface area (Å²) in [6.45, 7) is 2.83. The predicted octanol–water partition coefficient (Wildman–Crippen LogP) is 3.37. The third kappa shape index (κ3) is 5.03. The molecule has 0 amide bonds. The van der Waals surface area contributed by atoms with Crippen LogP contribution in [0.5, 0.6) is 0 Å². The molecule has 6 heterocycles. The Bertz CT molecular complexity index is 1580. The first kappa shape index (κ1) is 29.4. The zero-order valence-corrected chi connectivity index (χ0v) is 26.7. The van der Waals surface area contributed by atoms with Gasteiger partial charge in [-0.1, -0.05) is 6.42 Å². The number of hydrogen-bond acceptors (Lipinski definition) is 9. The first-order chi connectivity index (χ1) is 22.5. The fourth-order valence-corrected chi connectivity index (χ4v) is 10.3. The van der Waals surface area contributed by atoms with Crippen LogP contribution in [0, 0.1) is 17.6 Å². The number of nitrogens with one attached hydrogen (secondary N) is 3. The van der Waals surface area contributed by atoms with Crippen molar-refractivity contribution in [2.75, 3.05) is 31.7 Å². The summed E-state index contributed by atoms with van der Waals surface area (Å²) in [7, 11) is 2.32. The number of halogens is 2. The summed E-state index contributed by atoms with van der Waals surface area (Å²) < 4.78 is 30.0. The first-order valence-corrected chi connectivity index (χ1v) is 17.6. The first-order valence-electron chi connectivity index (χ1n) is 17.6. The molecule has 6 fully saturated rings. The molecule has 6 bridgehead atoms. The van der Waals surface area contributed by atoms with E-state index in [1.54, 1.807) is 12.5 Å². The monoisotopic (exact) mass is 632 g/mol. The summed E-state index contributed by atoms with van der Waals surface area (Å²) in [6.07, 6.45) is 16.0. The van der Waals surface area contributed by atoms with Gasteiger partial charge < -0.3 is 9.80 Å². The number of hydrogen-bond donors (Lipinski definition) is 3. The van der Waals surface area contributed by atoms with Crippen molar-refractivity contribution in [2.45, 2.75) is 113 Å². The number of benzene rings is 1. The van der Waals surface area contributed by atoms with Gasteiger partial charge in [0.1, 0.15) is 23.6 Å². The third-order valence-electron chi connectivity index (χ3n) is 12.3. The molecule has 2 aromatic heterocycles. The highest BCUT2D eigenvalue weighted by Gasteiger charge is 2.49. The molecule has 9 atom stereocenters. The van der Waals surface area contributed by atoms with Crippen LogP contribution in [0.25, 0.3) is 16.7 Å². The molecule has 3 N–H and O–H groups in total. The van der Waals surface area contributed by atoms with Gasteiger partial charge in [-0.05, 0) is 82.9 Å². The predicted molar refractivity (Wildman–Crippen MR) is 173 cm³/mol. The van der Waals surface area contributed by atoms with Gasteiger partial charge in [0.25, 0.3) is 0 Å². The highest BCUT2D eigenvalue weighted by molar-refractivity contribution is 5.88. The highest BCUT2D eigenvalue weighted by Crippen LogP contribution is 2.41. The number of likely N-dealkylation sites (N-methyl/N-ethyl adjacent to an activating group) is 1. The number of rotatable bonds is 2. The Morgan fingerprint density at radius 2 is 1.74 bits per heavy atom. The number of aromatic nitrogens is 4. The van der Waals surface area contributed by atoms with E-state index in [1.165, 1.54) is 68.2 Å². The molecule has 46 heavy (non-hydrogen) atoms. The van der Waals surface area contributed by atoms with E-state index in [0.717, 1.165) is 49.9 Å². The van der Waals surface area contributed by atoms with E-state index in [1.807, 2.05) is 0 Å². The van der Waals surface area contributed by atoms with Crippen molar-refractivity contribution >= 4 is 16.9 Å². The van der Waals surface area contributed by atoms with Gasteiger partial charge >= 0.3 is 0 Å². The largest absolute Gasteiger partial charge is 0.350 e. The van der Waals surface area contributed by atoms with E-state index >= 15 is 0 Å². The summed E-state index contributed by atoms with van der Waals surface area (Å²) in [6, 6.07) is 7.18. The Morgan fingerprint density at radius 3 is 2.65 bits per heavy atom. The molecule has 0 spiro atoms. The van der Waals surface area contributed by atoms with Gasteiger partial charge in [0.05, 0.1) is 17.7 Å². The Morgan fingerprint density at radius 1 is 0.870 bits per heavy atom. The van der Waals surface area contributed by atoms with Crippen LogP contribution < -0.4 is 20.9 Å². The van der Waals surface area contributed by atoms with Crippen molar-refractivity contribution in [3.8, 4) is 5.69 Å². The molecule has 2 saturated carbocycles. The van der Waals surface area contributed by atoms with Crippen LogP contribution >= 0.6 is 0 Å². The molecule has 10 nitrogen and oxygen atoms in total. The van der Waals surface area contributed by atoms with Crippen molar-refractivity contribution < 1.29 is 8.78 Å². The van der Waals surface area contributed by atoms with Gasteiger partial charge in [-0.3, -0.25) is 20.9 Å². The van der Waals surface area contributed by atoms with E-state index in [-0.39, 0.29) is 11.7 Å². The van der Waals surface area contributed by atoms with Crippen molar-refractivity contribution in [2.24, 2.45) is 5.92 Å². The minimum absolute atomic E-state index is 0.174. The Hall–Kier alpha value is -2.77. The second kappa shape index (κ2) is 11.7. The average molecular weight is 633 g/mol. The Kier molecular flexibility index (Phi) is 7.49. The van der Waals surface area contributed by atoms with Crippen molar-refractivity contribution in [1.29, 1.82) is 0 Å². The maximum Gasteiger partial charge on any atom is 0.168 e.